The average Bonchev–Trinajstić information content (AvgIpc) is 3.52. The van der Waals surface area contributed by atoms with E-state index >= 15 is 0 Å². The van der Waals surface area contributed by atoms with Gasteiger partial charge in [0.15, 0.2) is 0 Å². The van der Waals surface area contributed by atoms with Crippen molar-refractivity contribution in [3.8, 4) is 22.6 Å². The van der Waals surface area contributed by atoms with E-state index in [1.807, 2.05) is 44.2 Å². The van der Waals surface area contributed by atoms with Gasteiger partial charge in [-0.25, -0.2) is 0 Å². The normalized spacial score (nSPS) is 13.7. The maximum atomic E-state index is 6.94. The average molecular weight is 725 g/mol. The lowest BCUT2D eigenvalue weighted by molar-refractivity contribution is 0.467. The van der Waals surface area contributed by atoms with E-state index in [0.29, 0.717) is 0 Å². The number of rotatable bonds is 8. The monoisotopic (exact) mass is 724 g/mol. The fraction of sp³-hybridized carbons (Fsp3) is 0.127. The third-order valence-corrected chi connectivity index (χ3v) is 11.4. The molecule has 0 saturated heterocycles. The van der Waals surface area contributed by atoms with Gasteiger partial charge in [-0.1, -0.05) is 191 Å². The maximum Gasteiger partial charge on any atom is 0.132 e. The Morgan fingerprint density at radius 1 is 0.518 bits per heavy atom. The van der Waals surface area contributed by atoms with Crippen LogP contribution in [-0.4, -0.2) is 0 Å². The van der Waals surface area contributed by atoms with Crippen molar-refractivity contribution in [1.29, 1.82) is 0 Å². The second kappa shape index (κ2) is 15.7. The van der Waals surface area contributed by atoms with Crippen molar-refractivity contribution in [1.82, 2.24) is 0 Å². The molecular formula is C55H48O. The molecule has 0 heterocycles. The minimum Gasteiger partial charge on any atom is -0.457 e. The number of fused-ring (bicyclic) bond motifs is 5. The van der Waals surface area contributed by atoms with Crippen molar-refractivity contribution >= 4 is 32.7 Å². The lowest BCUT2D eigenvalue weighted by Gasteiger charge is -2.30. The molecule has 9 rings (SSSR count). The van der Waals surface area contributed by atoms with Crippen LogP contribution in [0.25, 0.3) is 43.8 Å². The zero-order valence-corrected chi connectivity index (χ0v) is 33.0. The van der Waals surface area contributed by atoms with E-state index in [1.54, 1.807) is 0 Å². The highest BCUT2D eigenvalue weighted by molar-refractivity contribution is 5.90. The zero-order valence-electron chi connectivity index (χ0n) is 33.0. The molecule has 0 radical (unpaired) electrons. The summed E-state index contributed by atoms with van der Waals surface area (Å²) in [4.78, 5) is 0. The molecule has 0 fully saturated rings. The fourth-order valence-corrected chi connectivity index (χ4v) is 8.39. The molecule has 8 aromatic rings. The van der Waals surface area contributed by atoms with Crippen LogP contribution in [0.4, 0.5) is 0 Å². The molecule has 56 heavy (non-hydrogen) atoms. The number of para-hydroxylation sites is 1. The summed E-state index contributed by atoms with van der Waals surface area (Å²) in [6, 6.07) is 65.5. The van der Waals surface area contributed by atoms with Gasteiger partial charge in [0.05, 0.1) is 0 Å². The van der Waals surface area contributed by atoms with Gasteiger partial charge in [0.1, 0.15) is 11.5 Å². The van der Waals surface area contributed by atoms with E-state index in [-0.39, 0.29) is 5.92 Å². The quantitative estimate of drug-likeness (QED) is 0.142. The molecule has 0 spiro atoms. The summed E-state index contributed by atoms with van der Waals surface area (Å²) in [5.74, 6) is 1.83. The predicted molar refractivity (Wildman–Crippen MR) is 240 cm³/mol. The summed E-state index contributed by atoms with van der Waals surface area (Å²) < 4.78 is 6.94. The van der Waals surface area contributed by atoms with Crippen LogP contribution in [0.15, 0.2) is 194 Å². The highest BCUT2D eigenvalue weighted by Crippen LogP contribution is 2.54. The van der Waals surface area contributed by atoms with Gasteiger partial charge in [0.2, 0.25) is 0 Å². The van der Waals surface area contributed by atoms with Crippen LogP contribution in [0.1, 0.15) is 73.9 Å². The first kappa shape index (κ1) is 36.5. The molecule has 1 aliphatic rings. The number of hydrogen-bond acceptors (Lipinski definition) is 1. The van der Waals surface area contributed by atoms with Gasteiger partial charge >= 0.3 is 0 Å². The zero-order chi connectivity index (χ0) is 38.6. The first-order valence-corrected chi connectivity index (χ1v) is 19.9. The van der Waals surface area contributed by atoms with Gasteiger partial charge in [0.25, 0.3) is 0 Å². The molecule has 0 aromatic heterocycles. The maximum absolute atomic E-state index is 6.94. The van der Waals surface area contributed by atoms with Crippen LogP contribution in [0.5, 0.6) is 11.5 Å². The van der Waals surface area contributed by atoms with E-state index < -0.39 is 5.41 Å². The first-order valence-electron chi connectivity index (χ1n) is 19.9. The third-order valence-electron chi connectivity index (χ3n) is 11.4. The molecule has 1 nitrogen and oxygen atoms in total. The Morgan fingerprint density at radius 3 is 1.71 bits per heavy atom. The van der Waals surface area contributed by atoms with Crippen molar-refractivity contribution in [2.24, 2.45) is 0 Å². The van der Waals surface area contributed by atoms with Gasteiger partial charge in [-0.15, -0.1) is 0 Å². The number of hydrogen-bond donors (Lipinski definition) is 0. The third kappa shape index (κ3) is 6.86. The van der Waals surface area contributed by atoms with E-state index in [4.69, 9.17) is 4.74 Å². The molecule has 1 atom stereocenters. The van der Waals surface area contributed by atoms with Crippen molar-refractivity contribution in [3.63, 3.8) is 0 Å². The fourth-order valence-electron chi connectivity index (χ4n) is 8.39. The van der Waals surface area contributed by atoms with Crippen LogP contribution < -0.4 is 4.74 Å². The summed E-state index contributed by atoms with van der Waals surface area (Å²) in [5, 5.41) is 5.00. The van der Waals surface area contributed by atoms with Crippen LogP contribution in [0.3, 0.4) is 0 Å². The second-order valence-electron chi connectivity index (χ2n) is 14.7. The molecule has 1 unspecified atom stereocenters. The number of benzene rings is 8. The lowest BCUT2D eigenvalue weighted by atomic mass is 9.73. The van der Waals surface area contributed by atoms with Crippen molar-refractivity contribution in [3.05, 3.63) is 228 Å². The van der Waals surface area contributed by atoms with Crippen molar-refractivity contribution < 1.29 is 4.74 Å². The standard InChI is InChI=1S/C53H42O.C2H6/c1-36(40-27-25-38-15-7-9-17-42(38)33-40)31-45(32-37(2)41-28-26-39-16-8-10-18-43(39)34-41)44-29-30-51(52(35-44)54-46-19-5-4-6-20-46)53(3)49-23-13-11-21-47(49)48-22-12-14-24-50(48)53;1-2/h4-36H,1-3H3;1-2H3/b37-32+,45-31+;. The lowest BCUT2D eigenvalue weighted by Crippen LogP contribution is -2.23. The number of allylic oxidation sites excluding steroid dienone is 4. The molecule has 274 valence electrons. The molecule has 0 N–H and O–H groups in total. The Kier molecular flexibility index (Phi) is 10.3. The first-order chi connectivity index (χ1) is 27.5. The van der Waals surface area contributed by atoms with Crippen LogP contribution in [0.2, 0.25) is 0 Å². The Morgan fingerprint density at radius 2 is 1.05 bits per heavy atom. The van der Waals surface area contributed by atoms with Crippen LogP contribution >= 0.6 is 0 Å². The van der Waals surface area contributed by atoms with Gasteiger partial charge in [-0.05, 0) is 116 Å². The van der Waals surface area contributed by atoms with E-state index in [0.717, 1.165) is 28.2 Å². The van der Waals surface area contributed by atoms with E-state index in [9.17, 15) is 0 Å². The molecule has 0 bridgehead atoms. The SMILES string of the molecule is C/C(=C\C(=C/C(C)c1ccc2ccccc2c1)c1ccc(C2(C)c3ccccc3-c3ccccc32)c(Oc2ccccc2)c1)c1ccc2ccccc2c1.CC. The molecule has 1 aliphatic carbocycles. The van der Waals surface area contributed by atoms with Gasteiger partial charge in [-0.3, -0.25) is 0 Å². The van der Waals surface area contributed by atoms with E-state index in [2.05, 4.69) is 185 Å². The molecule has 0 aliphatic heterocycles. The summed E-state index contributed by atoms with van der Waals surface area (Å²) >= 11 is 0. The smallest absolute Gasteiger partial charge is 0.132 e. The van der Waals surface area contributed by atoms with Gasteiger partial charge < -0.3 is 4.74 Å². The summed E-state index contributed by atoms with van der Waals surface area (Å²) in [6.07, 6.45) is 4.77. The Labute approximate surface area is 332 Å². The molecule has 8 aromatic carbocycles. The molecular weight excluding hydrogens is 677 g/mol. The number of ether oxygens (including phenoxy) is 1. The van der Waals surface area contributed by atoms with Crippen molar-refractivity contribution in [2.75, 3.05) is 0 Å². The van der Waals surface area contributed by atoms with Crippen molar-refractivity contribution in [2.45, 2.75) is 46.0 Å². The second-order valence-corrected chi connectivity index (χ2v) is 14.7. The van der Waals surface area contributed by atoms with Crippen LogP contribution in [-0.2, 0) is 5.41 Å². The highest BCUT2D eigenvalue weighted by Gasteiger charge is 2.42. The minimum absolute atomic E-state index is 0.162. The van der Waals surface area contributed by atoms with Gasteiger partial charge in [-0.2, -0.15) is 0 Å². The largest absolute Gasteiger partial charge is 0.457 e. The molecule has 0 amide bonds. The molecule has 1 heteroatoms. The Balaban J connectivity index is 0.00000217. The summed E-state index contributed by atoms with van der Waals surface area (Å²) in [7, 11) is 0. The predicted octanol–water partition coefficient (Wildman–Crippen LogP) is 15.4. The Bertz CT molecular complexity index is 2680. The Hall–Kier alpha value is -6.44. The summed E-state index contributed by atoms with van der Waals surface area (Å²) in [5.41, 5.74) is 11.9. The highest BCUT2D eigenvalue weighted by atomic mass is 16.5. The minimum atomic E-state index is -0.408. The summed E-state index contributed by atoms with van der Waals surface area (Å²) in [6.45, 7) is 10.9. The van der Waals surface area contributed by atoms with Gasteiger partial charge in [0, 0.05) is 11.0 Å². The topological polar surface area (TPSA) is 9.23 Å². The van der Waals surface area contributed by atoms with Crippen LogP contribution in [0, 0.1) is 0 Å². The molecule has 0 saturated carbocycles. The van der Waals surface area contributed by atoms with E-state index in [1.165, 1.54) is 60.5 Å².